The summed E-state index contributed by atoms with van der Waals surface area (Å²) < 4.78 is 0. The first kappa shape index (κ1) is 21.3. The summed E-state index contributed by atoms with van der Waals surface area (Å²) in [4.78, 5) is 26.7. The van der Waals surface area contributed by atoms with Crippen molar-refractivity contribution in [1.29, 1.82) is 0 Å². The Kier molecular flexibility index (Phi) is 7.47. The molecule has 1 saturated heterocycles. The van der Waals surface area contributed by atoms with Crippen molar-refractivity contribution < 1.29 is 9.59 Å². The van der Waals surface area contributed by atoms with Gasteiger partial charge in [0.05, 0.1) is 0 Å². The zero-order valence-corrected chi connectivity index (χ0v) is 17.9. The second-order valence-corrected chi connectivity index (χ2v) is 9.87. The van der Waals surface area contributed by atoms with Crippen LogP contribution in [0.3, 0.4) is 0 Å². The maximum absolute atomic E-state index is 12.6. The van der Waals surface area contributed by atoms with E-state index in [1.807, 2.05) is 4.90 Å². The van der Waals surface area contributed by atoms with Crippen LogP contribution in [0.15, 0.2) is 0 Å². The Morgan fingerprint density at radius 1 is 0.893 bits per heavy atom. The summed E-state index contributed by atoms with van der Waals surface area (Å²) >= 11 is 0. The number of urea groups is 2. The van der Waals surface area contributed by atoms with E-state index in [1.165, 1.54) is 44.9 Å². The fourth-order valence-electron chi connectivity index (χ4n) is 4.92. The second kappa shape index (κ2) is 9.84. The minimum atomic E-state index is -0.0331. The second-order valence-electron chi connectivity index (χ2n) is 9.87. The number of piperidine rings is 1. The van der Waals surface area contributed by atoms with E-state index < -0.39 is 0 Å². The third kappa shape index (κ3) is 6.28. The van der Waals surface area contributed by atoms with Crippen LogP contribution in [-0.2, 0) is 0 Å². The molecule has 160 valence electrons. The SMILES string of the molecule is CC1CCC(C)(CNC(=O)N2CCC(NC(=O)NC3CCCCC3)CC2)CC1. The number of nitrogens with one attached hydrogen (secondary N) is 3. The van der Waals surface area contributed by atoms with E-state index in [9.17, 15) is 9.59 Å². The van der Waals surface area contributed by atoms with Gasteiger partial charge in [-0.15, -0.1) is 0 Å². The molecular formula is C22H40N4O2. The molecule has 3 fully saturated rings. The number of hydrogen-bond acceptors (Lipinski definition) is 2. The highest BCUT2D eigenvalue weighted by molar-refractivity contribution is 5.75. The van der Waals surface area contributed by atoms with Gasteiger partial charge in [-0.3, -0.25) is 0 Å². The lowest BCUT2D eigenvalue weighted by molar-refractivity contribution is 0.151. The molecule has 0 bridgehead atoms. The highest BCUT2D eigenvalue weighted by Crippen LogP contribution is 2.37. The summed E-state index contributed by atoms with van der Waals surface area (Å²) in [5.41, 5.74) is 0.249. The number of amides is 4. The quantitative estimate of drug-likeness (QED) is 0.676. The molecular weight excluding hydrogens is 352 g/mol. The number of likely N-dealkylation sites (tertiary alicyclic amines) is 1. The lowest BCUT2D eigenvalue weighted by Gasteiger charge is -2.38. The molecule has 0 radical (unpaired) electrons. The lowest BCUT2D eigenvalue weighted by atomic mass is 9.72. The van der Waals surface area contributed by atoms with Crippen LogP contribution in [-0.4, -0.2) is 48.7 Å². The minimum absolute atomic E-state index is 0.0331. The van der Waals surface area contributed by atoms with Gasteiger partial charge in [-0.2, -0.15) is 0 Å². The van der Waals surface area contributed by atoms with Crippen LogP contribution in [0.2, 0.25) is 0 Å². The van der Waals surface area contributed by atoms with Gasteiger partial charge in [0.2, 0.25) is 0 Å². The van der Waals surface area contributed by atoms with E-state index in [4.69, 9.17) is 0 Å². The normalized spacial score (nSPS) is 29.9. The van der Waals surface area contributed by atoms with Crippen molar-refractivity contribution in [2.24, 2.45) is 11.3 Å². The third-order valence-corrected chi connectivity index (χ3v) is 7.21. The third-order valence-electron chi connectivity index (χ3n) is 7.21. The highest BCUT2D eigenvalue weighted by atomic mass is 16.2. The molecule has 4 amide bonds. The molecule has 0 aromatic rings. The van der Waals surface area contributed by atoms with Gasteiger partial charge in [0.1, 0.15) is 0 Å². The van der Waals surface area contributed by atoms with Gasteiger partial charge in [-0.25, -0.2) is 9.59 Å². The van der Waals surface area contributed by atoms with Gasteiger partial charge >= 0.3 is 12.1 Å². The molecule has 3 rings (SSSR count). The van der Waals surface area contributed by atoms with Crippen molar-refractivity contribution in [3.8, 4) is 0 Å². The Hall–Kier alpha value is -1.46. The first-order valence-corrected chi connectivity index (χ1v) is 11.5. The van der Waals surface area contributed by atoms with Gasteiger partial charge in [-0.05, 0) is 49.9 Å². The van der Waals surface area contributed by atoms with Crippen molar-refractivity contribution in [2.75, 3.05) is 19.6 Å². The Labute approximate surface area is 170 Å². The van der Waals surface area contributed by atoms with E-state index in [-0.39, 0.29) is 23.5 Å². The molecule has 0 unspecified atom stereocenters. The molecule has 0 spiro atoms. The molecule has 0 aromatic heterocycles. The smallest absolute Gasteiger partial charge is 0.317 e. The van der Waals surface area contributed by atoms with Crippen molar-refractivity contribution >= 4 is 12.1 Å². The average Bonchev–Trinajstić information content (AvgIpc) is 2.70. The Morgan fingerprint density at radius 2 is 1.46 bits per heavy atom. The summed E-state index contributed by atoms with van der Waals surface area (Å²) in [5.74, 6) is 0.825. The van der Waals surface area contributed by atoms with Crippen molar-refractivity contribution in [2.45, 2.75) is 96.6 Å². The van der Waals surface area contributed by atoms with E-state index in [0.29, 0.717) is 19.1 Å². The van der Waals surface area contributed by atoms with Gasteiger partial charge in [0.25, 0.3) is 0 Å². The predicted octanol–water partition coefficient (Wildman–Crippen LogP) is 4.01. The van der Waals surface area contributed by atoms with Crippen LogP contribution < -0.4 is 16.0 Å². The maximum atomic E-state index is 12.6. The topological polar surface area (TPSA) is 73.5 Å². The molecule has 0 atom stereocenters. The number of carbonyl (C=O) groups is 2. The van der Waals surface area contributed by atoms with Crippen LogP contribution >= 0.6 is 0 Å². The molecule has 28 heavy (non-hydrogen) atoms. The fraction of sp³-hybridized carbons (Fsp3) is 0.909. The zero-order chi connectivity index (χ0) is 20.0. The van der Waals surface area contributed by atoms with Crippen LogP contribution in [0.25, 0.3) is 0 Å². The monoisotopic (exact) mass is 392 g/mol. The summed E-state index contributed by atoms with van der Waals surface area (Å²) in [6.07, 6.45) is 12.5. The summed E-state index contributed by atoms with van der Waals surface area (Å²) in [7, 11) is 0. The van der Waals surface area contributed by atoms with Crippen molar-refractivity contribution in [1.82, 2.24) is 20.9 Å². The number of nitrogens with zero attached hydrogens (tertiary/aromatic N) is 1. The summed E-state index contributed by atoms with van der Waals surface area (Å²) in [5, 5.41) is 9.41. The molecule has 1 aliphatic heterocycles. The number of carbonyl (C=O) groups excluding carboxylic acids is 2. The van der Waals surface area contributed by atoms with Gasteiger partial charge in [0, 0.05) is 31.7 Å². The van der Waals surface area contributed by atoms with Crippen LogP contribution in [0.1, 0.15) is 84.5 Å². The largest absolute Gasteiger partial charge is 0.337 e. The van der Waals surface area contributed by atoms with E-state index >= 15 is 0 Å². The zero-order valence-electron chi connectivity index (χ0n) is 17.9. The number of hydrogen-bond donors (Lipinski definition) is 3. The van der Waals surface area contributed by atoms with Crippen molar-refractivity contribution in [3.63, 3.8) is 0 Å². The first-order chi connectivity index (χ1) is 13.4. The van der Waals surface area contributed by atoms with E-state index in [1.54, 1.807) is 0 Å². The van der Waals surface area contributed by atoms with Gasteiger partial charge in [-0.1, -0.05) is 46.0 Å². The van der Waals surface area contributed by atoms with E-state index in [0.717, 1.165) is 38.1 Å². The molecule has 2 aliphatic carbocycles. The Balaban J connectivity index is 1.33. The molecule has 3 N–H and O–H groups in total. The highest BCUT2D eigenvalue weighted by Gasteiger charge is 2.31. The molecule has 6 nitrogen and oxygen atoms in total. The fourth-order valence-corrected chi connectivity index (χ4v) is 4.92. The average molecular weight is 393 g/mol. The molecule has 2 saturated carbocycles. The molecule has 1 heterocycles. The van der Waals surface area contributed by atoms with Gasteiger partial charge in [0.15, 0.2) is 0 Å². The van der Waals surface area contributed by atoms with Crippen LogP contribution in [0.4, 0.5) is 9.59 Å². The van der Waals surface area contributed by atoms with Crippen molar-refractivity contribution in [3.05, 3.63) is 0 Å². The molecule has 6 heteroatoms. The van der Waals surface area contributed by atoms with Gasteiger partial charge < -0.3 is 20.9 Å². The number of rotatable bonds is 4. The van der Waals surface area contributed by atoms with E-state index in [2.05, 4.69) is 29.8 Å². The van der Waals surface area contributed by atoms with Crippen LogP contribution in [0.5, 0.6) is 0 Å². The molecule has 3 aliphatic rings. The lowest BCUT2D eigenvalue weighted by Crippen LogP contribution is -2.53. The standard InChI is InChI=1S/C22H40N4O2/c1-17-8-12-22(2,13-9-17)16-23-21(28)26-14-10-19(11-15-26)25-20(27)24-18-6-4-3-5-7-18/h17-19H,3-16H2,1-2H3,(H,23,28)(H2,24,25,27). The summed E-state index contributed by atoms with van der Waals surface area (Å²) in [6.45, 7) is 6.84. The minimum Gasteiger partial charge on any atom is -0.337 e. The predicted molar refractivity (Wildman–Crippen MR) is 112 cm³/mol. The van der Waals surface area contributed by atoms with Crippen LogP contribution in [0, 0.1) is 11.3 Å². The molecule has 0 aromatic carbocycles. The Bertz CT molecular complexity index is 517. The summed E-state index contributed by atoms with van der Waals surface area (Å²) in [6, 6.07) is 0.535. The first-order valence-electron chi connectivity index (χ1n) is 11.5. The Morgan fingerprint density at radius 3 is 2.07 bits per heavy atom. The maximum Gasteiger partial charge on any atom is 0.317 e.